The van der Waals surface area contributed by atoms with Crippen molar-refractivity contribution in [2.45, 2.75) is 13.3 Å². The lowest BCUT2D eigenvalue weighted by Gasteiger charge is -2.07. The number of halogens is 1. The Bertz CT molecular complexity index is 1190. The molecule has 8 nitrogen and oxygen atoms in total. The molecule has 162 valence electrons. The van der Waals surface area contributed by atoms with Crippen molar-refractivity contribution in [3.8, 4) is 0 Å². The predicted octanol–water partition coefficient (Wildman–Crippen LogP) is 5.73. The molecule has 32 heavy (non-hydrogen) atoms. The van der Waals surface area contributed by atoms with Crippen LogP contribution in [0.4, 0.5) is 21.5 Å². The number of allylic oxidation sites excluding steroid dienone is 1. The number of aryl methyl sites for hydroxylation is 1. The lowest BCUT2D eigenvalue weighted by Crippen LogP contribution is -2.04. The van der Waals surface area contributed by atoms with Gasteiger partial charge in [0.25, 0.3) is 5.69 Å². The van der Waals surface area contributed by atoms with Crippen LogP contribution < -0.4 is 5.43 Å². The Morgan fingerprint density at radius 1 is 1.00 bits per heavy atom. The van der Waals surface area contributed by atoms with Gasteiger partial charge in [0.15, 0.2) is 0 Å². The molecule has 3 rings (SSSR count). The molecule has 0 spiro atoms. The number of rotatable bonds is 8. The molecular weight excluding hydrogens is 415 g/mol. The van der Waals surface area contributed by atoms with Gasteiger partial charge in [0, 0.05) is 11.6 Å². The largest absolute Gasteiger partial charge is 0.301 e. The minimum absolute atomic E-state index is 0.0125. The smallest absolute Gasteiger partial charge is 0.271 e. The predicted molar refractivity (Wildman–Crippen MR) is 121 cm³/mol. The highest BCUT2D eigenvalue weighted by Gasteiger charge is 2.19. The molecular formula is C23H19FN4O4. The summed E-state index contributed by atoms with van der Waals surface area (Å²) in [7, 11) is 0. The van der Waals surface area contributed by atoms with Crippen molar-refractivity contribution in [1.29, 1.82) is 0 Å². The Hall–Kier alpha value is -4.40. The summed E-state index contributed by atoms with van der Waals surface area (Å²) in [5, 5.41) is 26.6. The molecule has 0 fully saturated rings. The van der Waals surface area contributed by atoms with E-state index in [0.29, 0.717) is 5.71 Å². The fourth-order valence-electron chi connectivity index (χ4n) is 2.86. The Morgan fingerprint density at radius 2 is 1.69 bits per heavy atom. The number of hydrazone groups is 1. The van der Waals surface area contributed by atoms with E-state index in [-0.39, 0.29) is 11.5 Å². The molecule has 3 aromatic carbocycles. The van der Waals surface area contributed by atoms with Crippen molar-refractivity contribution in [2.75, 3.05) is 5.43 Å². The summed E-state index contributed by atoms with van der Waals surface area (Å²) in [6, 6.07) is 16.8. The van der Waals surface area contributed by atoms with Crippen molar-refractivity contribution in [1.82, 2.24) is 0 Å². The summed E-state index contributed by atoms with van der Waals surface area (Å²) >= 11 is 0. The van der Waals surface area contributed by atoms with E-state index in [1.54, 1.807) is 24.3 Å². The van der Waals surface area contributed by atoms with Crippen LogP contribution in [0.15, 0.2) is 77.9 Å². The van der Waals surface area contributed by atoms with Crippen molar-refractivity contribution in [3.63, 3.8) is 0 Å². The van der Waals surface area contributed by atoms with Crippen LogP contribution in [0.5, 0.6) is 0 Å². The maximum Gasteiger partial charge on any atom is 0.301 e. The Labute approximate surface area is 183 Å². The third-order valence-corrected chi connectivity index (χ3v) is 4.65. The summed E-state index contributed by atoms with van der Waals surface area (Å²) in [6.07, 6.45) is 4.29. The standard InChI is InChI=1S/C23H19FN4O4/c1-2-16-3-8-18(9-4-16)21(13-7-17-5-10-19(24)11-6-17)25-26-22-14-12-20(27(29)30)15-23(22)28(31)32/h3-15,26H,2H2,1H3/b13-7+,25-21+. The van der Waals surface area contributed by atoms with Gasteiger partial charge >= 0.3 is 5.69 Å². The molecule has 0 aliphatic rings. The number of nitrogens with zero attached hydrogens (tertiary/aromatic N) is 3. The molecule has 0 bridgehead atoms. The number of benzene rings is 3. The van der Waals surface area contributed by atoms with Gasteiger partial charge in [-0.2, -0.15) is 5.10 Å². The fourth-order valence-corrected chi connectivity index (χ4v) is 2.86. The Balaban J connectivity index is 1.97. The minimum atomic E-state index is -0.713. The number of nitro benzene ring substituents is 2. The van der Waals surface area contributed by atoms with E-state index in [9.17, 15) is 24.6 Å². The monoisotopic (exact) mass is 434 g/mol. The number of nitro groups is 2. The highest BCUT2D eigenvalue weighted by Crippen LogP contribution is 2.29. The summed E-state index contributed by atoms with van der Waals surface area (Å²) in [5.74, 6) is -0.349. The molecule has 0 heterocycles. The van der Waals surface area contributed by atoms with E-state index < -0.39 is 21.2 Å². The Kier molecular flexibility index (Phi) is 7.02. The second-order valence-corrected chi connectivity index (χ2v) is 6.76. The highest BCUT2D eigenvalue weighted by molar-refractivity contribution is 6.11. The first-order chi connectivity index (χ1) is 15.4. The van der Waals surface area contributed by atoms with Gasteiger partial charge in [-0.1, -0.05) is 49.4 Å². The quantitative estimate of drug-likeness (QED) is 0.276. The maximum absolute atomic E-state index is 13.2. The second-order valence-electron chi connectivity index (χ2n) is 6.76. The molecule has 0 aliphatic heterocycles. The lowest BCUT2D eigenvalue weighted by molar-refractivity contribution is -0.393. The number of hydrogen-bond donors (Lipinski definition) is 1. The first-order valence-corrected chi connectivity index (χ1v) is 9.67. The average Bonchev–Trinajstić information content (AvgIpc) is 2.80. The molecule has 0 aromatic heterocycles. The van der Waals surface area contributed by atoms with Gasteiger partial charge in [-0.05, 0) is 41.8 Å². The van der Waals surface area contributed by atoms with Crippen LogP contribution >= 0.6 is 0 Å². The molecule has 9 heteroatoms. The molecule has 0 aliphatic carbocycles. The van der Waals surface area contributed by atoms with Crippen molar-refractivity contribution >= 4 is 28.8 Å². The molecule has 1 N–H and O–H groups in total. The third-order valence-electron chi connectivity index (χ3n) is 4.65. The molecule has 0 radical (unpaired) electrons. The first kappa shape index (κ1) is 22.3. The van der Waals surface area contributed by atoms with E-state index in [4.69, 9.17) is 0 Å². The summed E-state index contributed by atoms with van der Waals surface area (Å²) in [4.78, 5) is 20.9. The number of nitrogens with one attached hydrogen (secondary N) is 1. The molecule has 0 saturated carbocycles. The first-order valence-electron chi connectivity index (χ1n) is 9.67. The van der Waals surface area contributed by atoms with Gasteiger partial charge in [0.05, 0.1) is 21.6 Å². The van der Waals surface area contributed by atoms with Crippen LogP contribution in [-0.4, -0.2) is 15.6 Å². The van der Waals surface area contributed by atoms with Crippen molar-refractivity contribution in [3.05, 3.63) is 116 Å². The zero-order valence-corrected chi connectivity index (χ0v) is 17.1. The van der Waals surface area contributed by atoms with Gasteiger partial charge in [0.2, 0.25) is 0 Å². The van der Waals surface area contributed by atoms with E-state index in [1.807, 2.05) is 31.2 Å². The van der Waals surface area contributed by atoms with E-state index >= 15 is 0 Å². The Morgan fingerprint density at radius 3 is 2.28 bits per heavy atom. The molecule has 0 amide bonds. The summed E-state index contributed by atoms with van der Waals surface area (Å²) in [5.41, 5.74) is 4.89. The van der Waals surface area contributed by atoms with Crippen LogP contribution in [-0.2, 0) is 6.42 Å². The third kappa shape index (κ3) is 5.60. The molecule has 0 saturated heterocycles. The van der Waals surface area contributed by atoms with Gasteiger partial charge < -0.3 is 0 Å². The van der Waals surface area contributed by atoms with Crippen molar-refractivity contribution < 1.29 is 14.2 Å². The number of anilines is 1. The van der Waals surface area contributed by atoms with Crippen LogP contribution in [0.3, 0.4) is 0 Å². The number of non-ortho nitro benzene ring substituents is 1. The van der Waals surface area contributed by atoms with Gasteiger partial charge in [-0.3, -0.25) is 25.7 Å². The molecule has 0 atom stereocenters. The zero-order chi connectivity index (χ0) is 23.1. The second kappa shape index (κ2) is 10.1. The zero-order valence-electron chi connectivity index (χ0n) is 17.1. The topological polar surface area (TPSA) is 111 Å². The van der Waals surface area contributed by atoms with E-state index in [1.165, 1.54) is 18.2 Å². The molecule has 3 aromatic rings. The van der Waals surface area contributed by atoms with Crippen molar-refractivity contribution in [2.24, 2.45) is 5.10 Å². The van der Waals surface area contributed by atoms with Crippen LogP contribution in [0.25, 0.3) is 6.08 Å². The normalized spacial score (nSPS) is 11.5. The van der Waals surface area contributed by atoms with E-state index in [0.717, 1.165) is 35.2 Å². The van der Waals surface area contributed by atoms with Gasteiger partial charge in [-0.15, -0.1) is 0 Å². The van der Waals surface area contributed by atoms with Gasteiger partial charge in [0.1, 0.15) is 11.5 Å². The van der Waals surface area contributed by atoms with Crippen LogP contribution in [0, 0.1) is 26.0 Å². The van der Waals surface area contributed by atoms with Gasteiger partial charge in [-0.25, -0.2) is 4.39 Å². The summed E-state index contributed by atoms with van der Waals surface area (Å²) < 4.78 is 13.2. The van der Waals surface area contributed by atoms with Crippen LogP contribution in [0.2, 0.25) is 0 Å². The van der Waals surface area contributed by atoms with Crippen LogP contribution in [0.1, 0.15) is 23.6 Å². The average molecular weight is 434 g/mol. The van der Waals surface area contributed by atoms with E-state index in [2.05, 4.69) is 10.5 Å². The molecule has 0 unspecified atom stereocenters. The SMILES string of the molecule is CCc1ccc(C(/C=C/c2ccc(F)cc2)=N/Nc2ccc([N+](=O)[O-])cc2[N+](=O)[O-])cc1. The number of hydrogen-bond acceptors (Lipinski definition) is 6. The summed E-state index contributed by atoms with van der Waals surface area (Å²) in [6.45, 7) is 2.04. The lowest BCUT2D eigenvalue weighted by atomic mass is 10.1. The minimum Gasteiger partial charge on any atom is -0.271 e. The fraction of sp³-hybridized carbons (Fsp3) is 0.0870. The highest BCUT2D eigenvalue weighted by atomic mass is 19.1. The maximum atomic E-state index is 13.2.